The van der Waals surface area contributed by atoms with Crippen molar-refractivity contribution in [1.82, 2.24) is 0 Å². The Kier molecular flexibility index (Phi) is 3.98. The molecule has 1 saturated carbocycles. The summed E-state index contributed by atoms with van der Waals surface area (Å²) in [6.07, 6.45) is 8.41. The van der Waals surface area contributed by atoms with Gasteiger partial charge >= 0.3 is 0 Å². The van der Waals surface area contributed by atoms with E-state index in [1.54, 1.807) is 0 Å². The molecule has 0 aliphatic heterocycles. The molecule has 0 bridgehead atoms. The highest BCUT2D eigenvalue weighted by atomic mass is 14.3. The molecule has 0 spiro atoms. The summed E-state index contributed by atoms with van der Waals surface area (Å²) in [5, 5.41) is 8.77. The van der Waals surface area contributed by atoms with Gasteiger partial charge in [0.2, 0.25) is 0 Å². The van der Waals surface area contributed by atoms with Crippen molar-refractivity contribution in [2.45, 2.75) is 38.0 Å². The fraction of sp³-hybridized carbons (Fsp3) is 0.438. The van der Waals surface area contributed by atoms with E-state index in [0.29, 0.717) is 5.92 Å². The van der Waals surface area contributed by atoms with Crippen LogP contribution in [0.25, 0.3) is 0 Å². The Morgan fingerprint density at radius 3 is 2.35 bits per heavy atom. The molecule has 1 aliphatic rings. The molecule has 0 heterocycles. The molecule has 2 rings (SSSR count). The van der Waals surface area contributed by atoms with Crippen molar-refractivity contribution in [3.05, 3.63) is 48.0 Å². The summed E-state index contributed by atoms with van der Waals surface area (Å²) in [6, 6.07) is 10.3. The number of hydrogen-bond acceptors (Lipinski definition) is 1. The molecular formula is C16H19N. The Morgan fingerprint density at radius 2 is 1.82 bits per heavy atom. The molecule has 1 fully saturated rings. The lowest BCUT2D eigenvalue weighted by atomic mass is 9.77. The monoisotopic (exact) mass is 225 g/mol. The third kappa shape index (κ3) is 2.97. The second-order valence-corrected chi connectivity index (χ2v) is 4.98. The standard InChI is InChI=1S/C16H19N/c1-2-3-13-4-8-15(9-5-13)16-10-6-14(12-17)7-11-16/h2,6-7,10-11,13,15H,1,3-5,8-9H2/t13-,15-. The molecule has 0 N–H and O–H groups in total. The van der Waals surface area contributed by atoms with Crippen LogP contribution >= 0.6 is 0 Å². The van der Waals surface area contributed by atoms with Gasteiger partial charge in [-0.3, -0.25) is 0 Å². The van der Waals surface area contributed by atoms with Crippen LogP contribution in [0.2, 0.25) is 0 Å². The van der Waals surface area contributed by atoms with Crippen LogP contribution in [-0.4, -0.2) is 0 Å². The van der Waals surface area contributed by atoms with Gasteiger partial charge in [-0.25, -0.2) is 0 Å². The number of hydrogen-bond donors (Lipinski definition) is 0. The van der Waals surface area contributed by atoms with E-state index >= 15 is 0 Å². The Balaban J connectivity index is 1.96. The highest BCUT2D eigenvalue weighted by Gasteiger charge is 2.21. The average Bonchev–Trinajstić information content (AvgIpc) is 2.40. The van der Waals surface area contributed by atoms with Crippen LogP contribution in [0.3, 0.4) is 0 Å². The van der Waals surface area contributed by atoms with E-state index in [4.69, 9.17) is 5.26 Å². The summed E-state index contributed by atoms with van der Waals surface area (Å²) in [5.41, 5.74) is 2.16. The molecule has 0 unspecified atom stereocenters. The highest BCUT2D eigenvalue weighted by molar-refractivity contribution is 5.33. The number of nitrogens with zero attached hydrogens (tertiary/aromatic N) is 1. The molecule has 1 nitrogen and oxygen atoms in total. The van der Waals surface area contributed by atoms with E-state index in [0.717, 1.165) is 11.5 Å². The summed E-state index contributed by atoms with van der Waals surface area (Å²) >= 11 is 0. The van der Waals surface area contributed by atoms with Crippen LogP contribution in [0, 0.1) is 17.2 Å². The molecule has 1 aliphatic carbocycles. The van der Waals surface area contributed by atoms with Gasteiger partial charge in [0.05, 0.1) is 11.6 Å². The van der Waals surface area contributed by atoms with Crippen molar-refractivity contribution < 1.29 is 0 Å². The minimum Gasteiger partial charge on any atom is -0.192 e. The molecular weight excluding hydrogens is 206 g/mol. The summed E-state index contributed by atoms with van der Waals surface area (Å²) in [4.78, 5) is 0. The molecule has 0 radical (unpaired) electrons. The lowest BCUT2D eigenvalue weighted by Crippen LogP contribution is -2.12. The fourth-order valence-electron chi connectivity index (χ4n) is 2.80. The number of rotatable bonds is 3. The number of benzene rings is 1. The minimum absolute atomic E-state index is 0.698. The van der Waals surface area contributed by atoms with Crippen molar-refractivity contribution >= 4 is 0 Å². The first-order valence-corrected chi connectivity index (χ1v) is 6.44. The fourth-order valence-corrected chi connectivity index (χ4v) is 2.80. The lowest BCUT2D eigenvalue weighted by molar-refractivity contribution is 0.328. The second-order valence-electron chi connectivity index (χ2n) is 4.98. The van der Waals surface area contributed by atoms with Crippen LogP contribution in [0.1, 0.15) is 49.1 Å². The van der Waals surface area contributed by atoms with E-state index in [1.165, 1.54) is 37.7 Å². The van der Waals surface area contributed by atoms with E-state index in [1.807, 2.05) is 18.2 Å². The molecule has 1 aromatic rings. The minimum atomic E-state index is 0.698. The topological polar surface area (TPSA) is 23.8 Å². The summed E-state index contributed by atoms with van der Waals surface area (Å²) < 4.78 is 0. The van der Waals surface area contributed by atoms with Gasteiger partial charge in [-0.2, -0.15) is 5.26 Å². The summed E-state index contributed by atoms with van der Waals surface area (Å²) in [5.74, 6) is 1.55. The van der Waals surface area contributed by atoms with Gasteiger partial charge in [0, 0.05) is 0 Å². The highest BCUT2D eigenvalue weighted by Crippen LogP contribution is 2.37. The van der Waals surface area contributed by atoms with Crippen molar-refractivity contribution in [2.24, 2.45) is 5.92 Å². The van der Waals surface area contributed by atoms with Crippen molar-refractivity contribution in [3.63, 3.8) is 0 Å². The Bertz CT molecular complexity index is 402. The first kappa shape index (κ1) is 11.9. The zero-order chi connectivity index (χ0) is 12.1. The predicted molar refractivity (Wildman–Crippen MR) is 70.7 cm³/mol. The van der Waals surface area contributed by atoms with Gasteiger partial charge in [0.1, 0.15) is 0 Å². The Morgan fingerprint density at radius 1 is 1.18 bits per heavy atom. The zero-order valence-corrected chi connectivity index (χ0v) is 10.2. The molecule has 0 amide bonds. The van der Waals surface area contributed by atoms with Crippen LogP contribution in [0.15, 0.2) is 36.9 Å². The molecule has 1 aromatic carbocycles. The van der Waals surface area contributed by atoms with Gasteiger partial charge < -0.3 is 0 Å². The Labute approximate surface area is 104 Å². The van der Waals surface area contributed by atoms with Gasteiger partial charge in [0.15, 0.2) is 0 Å². The number of allylic oxidation sites excluding steroid dienone is 1. The first-order valence-electron chi connectivity index (χ1n) is 6.44. The maximum Gasteiger partial charge on any atom is 0.0991 e. The van der Waals surface area contributed by atoms with Gasteiger partial charge in [-0.15, -0.1) is 6.58 Å². The molecule has 17 heavy (non-hydrogen) atoms. The maximum absolute atomic E-state index is 8.77. The van der Waals surface area contributed by atoms with Crippen molar-refractivity contribution in [3.8, 4) is 6.07 Å². The molecule has 0 saturated heterocycles. The second kappa shape index (κ2) is 5.68. The lowest BCUT2D eigenvalue weighted by Gasteiger charge is -2.28. The predicted octanol–water partition coefficient (Wildman–Crippen LogP) is 4.41. The molecule has 0 aromatic heterocycles. The summed E-state index contributed by atoms with van der Waals surface area (Å²) in [6.45, 7) is 3.82. The van der Waals surface area contributed by atoms with E-state index in [9.17, 15) is 0 Å². The molecule has 1 heteroatoms. The zero-order valence-electron chi connectivity index (χ0n) is 10.2. The maximum atomic E-state index is 8.77. The smallest absolute Gasteiger partial charge is 0.0991 e. The van der Waals surface area contributed by atoms with Gasteiger partial charge in [-0.05, 0) is 61.6 Å². The third-order valence-electron chi connectivity index (χ3n) is 3.86. The largest absolute Gasteiger partial charge is 0.192 e. The van der Waals surface area contributed by atoms with E-state index < -0.39 is 0 Å². The quantitative estimate of drug-likeness (QED) is 0.699. The van der Waals surface area contributed by atoms with Crippen LogP contribution < -0.4 is 0 Å². The van der Waals surface area contributed by atoms with Crippen LogP contribution in [0.4, 0.5) is 0 Å². The van der Waals surface area contributed by atoms with Crippen molar-refractivity contribution in [2.75, 3.05) is 0 Å². The third-order valence-corrected chi connectivity index (χ3v) is 3.86. The number of nitriles is 1. The van der Waals surface area contributed by atoms with Gasteiger partial charge in [0.25, 0.3) is 0 Å². The van der Waals surface area contributed by atoms with Crippen LogP contribution in [-0.2, 0) is 0 Å². The Hall–Kier alpha value is -1.55. The van der Waals surface area contributed by atoms with E-state index in [2.05, 4.69) is 24.8 Å². The SMILES string of the molecule is C=CC[C@H]1CC[C@H](c2ccc(C#N)cc2)CC1. The molecule has 0 atom stereocenters. The van der Waals surface area contributed by atoms with Crippen LogP contribution in [0.5, 0.6) is 0 Å². The van der Waals surface area contributed by atoms with E-state index in [-0.39, 0.29) is 0 Å². The normalized spacial score (nSPS) is 23.9. The van der Waals surface area contributed by atoms with Crippen molar-refractivity contribution in [1.29, 1.82) is 5.26 Å². The van der Waals surface area contributed by atoms with Gasteiger partial charge in [-0.1, -0.05) is 18.2 Å². The first-order chi connectivity index (χ1) is 8.33. The summed E-state index contributed by atoms with van der Waals surface area (Å²) in [7, 11) is 0. The molecule has 88 valence electrons. The average molecular weight is 225 g/mol.